The van der Waals surface area contributed by atoms with E-state index in [9.17, 15) is 5.11 Å². The van der Waals surface area contributed by atoms with Gasteiger partial charge in [-0.1, -0.05) is 24.3 Å². The molecule has 3 nitrogen and oxygen atoms in total. The molecule has 2 aliphatic rings. The van der Waals surface area contributed by atoms with E-state index in [4.69, 9.17) is 4.74 Å². The maximum absolute atomic E-state index is 10.5. The Hall–Kier alpha value is -0.900. The predicted molar refractivity (Wildman–Crippen MR) is 65.8 cm³/mol. The Morgan fingerprint density at radius 3 is 3.06 bits per heavy atom. The summed E-state index contributed by atoms with van der Waals surface area (Å²) in [6.07, 6.45) is 1.70. The van der Waals surface area contributed by atoms with Crippen molar-refractivity contribution in [2.24, 2.45) is 5.92 Å². The van der Waals surface area contributed by atoms with Gasteiger partial charge in [-0.15, -0.1) is 0 Å². The first kappa shape index (κ1) is 11.2. The molecule has 1 aromatic rings. The topological polar surface area (TPSA) is 41.5 Å². The van der Waals surface area contributed by atoms with Gasteiger partial charge in [-0.2, -0.15) is 0 Å². The van der Waals surface area contributed by atoms with Gasteiger partial charge in [-0.3, -0.25) is 0 Å². The lowest BCUT2D eigenvalue weighted by Crippen LogP contribution is -2.41. The molecule has 3 heteroatoms. The van der Waals surface area contributed by atoms with Crippen molar-refractivity contribution >= 4 is 0 Å². The minimum absolute atomic E-state index is 0.0756. The van der Waals surface area contributed by atoms with E-state index >= 15 is 0 Å². The molecule has 0 radical (unpaired) electrons. The summed E-state index contributed by atoms with van der Waals surface area (Å²) < 4.78 is 5.37. The first-order chi connectivity index (χ1) is 8.36. The molecule has 2 N–H and O–H groups in total. The summed E-state index contributed by atoms with van der Waals surface area (Å²) in [4.78, 5) is 0. The van der Waals surface area contributed by atoms with Gasteiger partial charge in [0.15, 0.2) is 0 Å². The summed E-state index contributed by atoms with van der Waals surface area (Å²) in [7, 11) is 0. The lowest BCUT2D eigenvalue weighted by molar-refractivity contribution is 0.0568. The average Bonchev–Trinajstić information content (AvgIpc) is 2.91. The van der Waals surface area contributed by atoms with Crippen molar-refractivity contribution in [2.45, 2.75) is 25.0 Å². The zero-order chi connectivity index (χ0) is 11.7. The van der Waals surface area contributed by atoms with Gasteiger partial charge >= 0.3 is 0 Å². The van der Waals surface area contributed by atoms with E-state index in [0.29, 0.717) is 6.61 Å². The molecule has 0 saturated carbocycles. The molecule has 92 valence electrons. The fourth-order valence-electron chi connectivity index (χ4n) is 2.94. The second-order valence-corrected chi connectivity index (χ2v) is 4.99. The van der Waals surface area contributed by atoms with Crippen LogP contribution in [-0.4, -0.2) is 31.0 Å². The number of fused-ring (bicyclic) bond motifs is 1. The minimum Gasteiger partial charge on any atom is -0.391 e. The Labute approximate surface area is 102 Å². The normalized spacial score (nSPS) is 29.9. The quantitative estimate of drug-likeness (QED) is 0.808. The van der Waals surface area contributed by atoms with Crippen molar-refractivity contribution in [1.29, 1.82) is 0 Å². The fourth-order valence-corrected chi connectivity index (χ4v) is 2.94. The van der Waals surface area contributed by atoms with Gasteiger partial charge in [0.2, 0.25) is 0 Å². The molecule has 1 fully saturated rings. The second-order valence-electron chi connectivity index (χ2n) is 4.99. The van der Waals surface area contributed by atoms with E-state index in [1.54, 1.807) is 0 Å². The maximum atomic E-state index is 10.5. The molecule has 0 aliphatic carbocycles. The third-order valence-corrected chi connectivity index (χ3v) is 3.94. The Morgan fingerprint density at radius 1 is 1.35 bits per heavy atom. The summed E-state index contributed by atoms with van der Waals surface area (Å²) in [5, 5.41) is 13.9. The van der Waals surface area contributed by atoms with Crippen LogP contribution in [0.25, 0.3) is 0 Å². The van der Waals surface area contributed by atoms with Crippen LogP contribution in [0, 0.1) is 5.92 Å². The molecule has 0 aromatic heterocycles. The van der Waals surface area contributed by atoms with Gasteiger partial charge in [-0.25, -0.2) is 0 Å². The molecule has 0 amide bonds. The van der Waals surface area contributed by atoms with Crippen molar-refractivity contribution < 1.29 is 9.84 Å². The number of aliphatic hydroxyl groups is 1. The lowest BCUT2D eigenvalue weighted by Gasteiger charge is -2.33. The number of rotatable bonds is 2. The molecular weight excluding hydrogens is 214 g/mol. The maximum Gasteiger partial charge on any atom is 0.0785 e. The number of hydrogen-bond acceptors (Lipinski definition) is 3. The highest BCUT2D eigenvalue weighted by molar-refractivity contribution is 5.33. The molecule has 17 heavy (non-hydrogen) atoms. The molecule has 3 rings (SSSR count). The number of hydrogen-bond donors (Lipinski definition) is 2. The standard InChI is InChI=1S/C14H19NO2/c16-14(11-6-8-17-9-11)13-12-4-2-1-3-10(12)5-7-15-13/h1-4,11,13-16H,5-9H2. The zero-order valence-corrected chi connectivity index (χ0v) is 9.93. The van der Waals surface area contributed by atoms with Crippen LogP contribution in [0.2, 0.25) is 0 Å². The molecule has 3 unspecified atom stereocenters. The monoisotopic (exact) mass is 233 g/mol. The van der Waals surface area contributed by atoms with Gasteiger partial charge in [-0.05, 0) is 30.5 Å². The molecule has 1 saturated heterocycles. The molecular formula is C14H19NO2. The van der Waals surface area contributed by atoms with Crippen LogP contribution in [0.1, 0.15) is 23.6 Å². The highest BCUT2D eigenvalue weighted by atomic mass is 16.5. The van der Waals surface area contributed by atoms with E-state index in [0.717, 1.165) is 26.0 Å². The number of nitrogens with one attached hydrogen (secondary N) is 1. The van der Waals surface area contributed by atoms with Crippen molar-refractivity contribution in [2.75, 3.05) is 19.8 Å². The summed E-state index contributed by atoms with van der Waals surface area (Å²) >= 11 is 0. The van der Waals surface area contributed by atoms with E-state index in [1.807, 2.05) is 0 Å². The molecule has 2 heterocycles. The van der Waals surface area contributed by atoms with Crippen LogP contribution >= 0.6 is 0 Å². The highest BCUT2D eigenvalue weighted by Gasteiger charge is 2.33. The van der Waals surface area contributed by atoms with Crippen LogP contribution in [0.15, 0.2) is 24.3 Å². The predicted octanol–water partition coefficient (Wildman–Crippen LogP) is 1.27. The Bertz CT molecular complexity index is 388. The summed E-state index contributed by atoms with van der Waals surface area (Å²) in [6.45, 7) is 2.43. The molecule has 1 aromatic carbocycles. The number of benzene rings is 1. The second kappa shape index (κ2) is 4.77. The van der Waals surface area contributed by atoms with Gasteiger partial charge in [0.05, 0.1) is 18.8 Å². The third-order valence-electron chi connectivity index (χ3n) is 3.94. The molecule has 2 aliphatic heterocycles. The SMILES string of the molecule is OC(C1CCOC1)C1NCCc2ccccc21. The van der Waals surface area contributed by atoms with Crippen LogP contribution in [-0.2, 0) is 11.2 Å². The van der Waals surface area contributed by atoms with E-state index in [1.165, 1.54) is 11.1 Å². The molecule has 0 spiro atoms. The third kappa shape index (κ3) is 2.10. The largest absolute Gasteiger partial charge is 0.391 e. The highest BCUT2D eigenvalue weighted by Crippen LogP contribution is 2.31. The van der Waals surface area contributed by atoms with Gasteiger partial charge in [0, 0.05) is 12.5 Å². The molecule has 0 bridgehead atoms. The van der Waals surface area contributed by atoms with Crippen LogP contribution in [0.3, 0.4) is 0 Å². The van der Waals surface area contributed by atoms with Crippen LogP contribution < -0.4 is 5.32 Å². The van der Waals surface area contributed by atoms with Crippen LogP contribution in [0.4, 0.5) is 0 Å². The Kier molecular flexibility index (Phi) is 3.14. The van der Waals surface area contributed by atoms with Gasteiger partial charge in [0.1, 0.15) is 0 Å². The number of ether oxygens (including phenoxy) is 1. The van der Waals surface area contributed by atoms with Gasteiger partial charge < -0.3 is 15.2 Å². The van der Waals surface area contributed by atoms with Crippen LogP contribution in [0.5, 0.6) is 0 Å². The minimum atomic E-state index is -0.334. The summed E-state index contributed by atoms with van der Waals surface area (Å²) in [6, 6.07) is 8.50. The van der Waals surface area contributed by atoms with Crippen molar-refractivity contribution in [3.05, 3.63) is 35.4 Å². The van der Waals surface area contributed by atoms with Gasteiger partial charge in [0.25, 0.3) is 0 Å². The Balaban J connectivity index is 1.84. The molecule has 3 atom stereocenters. The Morgan fingerprint density at radius 2 is 2.24 bits per heavy atom. The average molecular weight is 233 g/mol. The number of aliphatic hydroxyl groups excluding tert-OH is 1. The zero-order valence-electron chi connectivity index (χ0n) is 9.93. The van der Waals surface area contributed by atoms with E-state index in [-0.39, 0.29) is 18.1 Å². The first-order valence-electron chi connectivity index (χ1n) is 6.43. The smallest absolute Gasteiger partial charge is 0.0785 e. The van der Waals surface area contributed by atoms with E-state index in [2.05, 4.69) is 29.6 Å². The van der Waals surface area contributed by atoms with Crippen molar-refractivity contribution in [1.82, 2.24) is 5.32 Å². The fraction of sp³-hybridized carbons (Fsp3) is 0.571. The first-order valence-corrected chi connectivity index (χ1v) is 6.43. The lowest BCUT2D eigenvalue weighted by atomic mass is 9.86. The van der Waals surface area contributed by atoms with E-state index < -0.39 is 0 Å². The summed E-state index contributed by atoms with van der Waals surface area (Å²) in [5.74, 6) is 0.277. The van der Waals surface area contributed by atoms with Crippen molar-refractivity contribution in [3.8, 4) is 0 Å². The van der Waals surface area contributed by atoms with Crippen molar-refractivity contribution in [3.63, 3.8) is 0 Å². The summed E-state index contributed by atoms with van der Waals surface area (Å²) in [5.41, 5.74) is 2.63.